The summed E-state index contributed by atoms with van der Waals surface area (Å²) in [5.74, 6) is 0.597. The Morgan fingerprint density at radius 3 is 2.69 bits per heavy atom. The van der Waals surface area contributed by atoms with Gasteiger partial charge in [-0.2, -0.15) is 5.26 Å². The second kappa shape index (κ2) is 9.35. The van der Waals surface area contributed by atoms with Crippen LogP contribution in [0.1, 0.15) is 29.2 Å². The number of fused-ring (bicyclic) bond motifs is 1. The molecule has 2 aromatic carbocycles. The molecular weight excluding hydrogens is 378 g/mol. The van der Waals surface area contributed by atoms with Gasteiger partial charge in [-0.1, -0.05) is 25.1 Å². The molecule has 0 unspecified atom stereocenters. The third-order valence-electron chi connectivity index (χ3n) is 4.75. The van der Waals surface area contributed by atoms with Crippen molar-refractivity contribution < 1.29 is 0 Å². The zero-order valence-electron chi connectivity index (χ0n) is 17.0. The van der Waals surface area contributed by atoms with Crippen LogP contribution >= 0.6 is 12.2 Å². The molecule has 3 rings (SSSR count). The van der Waals surface area contributed by atoms with Crippen molar-refractivity contribution in [3.05, 3.63) is 64.7 Å². The highest BCUT2D eigenvalue weighted by molar-refractivity contribution is 7.80. The van der Waals surface area contributed by atoms with E-state index in [-0.39, 0.29) is 0 Å². The van der Waals surface area contributed by atoms with Crippen LogP contribution in [0.4, 0.5) is 11.5 Å². The third kappa shape index (κ3) is 5.21. The molecule has 0 saturated heterocycles. The van der Waals surface area contributed by atoms with Gasteiger partial charge >= 0.3 is 0 Å². The normalized spacial score (nSPS) is 10.4. The van der Waals surface area contributed by atoms with Crippen LogP contribution in [0.5, 0.6) is 0 Å². The number of thiocarbonyl (C=S) groups is 1. The second-order valence-electron chi connectivity index (χ2n) is 7.00. The van der Waals surface area contributed by atoms with Crippen LogP contribution in [0.25, 0.3) is 10.9 Å². The van der Waals surface area contributed by atoms with Crippen molar-refractivity contribution in [1.82, 2.24) is 10.3 Å². The number of aryl methyl sites for hydroxylation is 3. The molecule has 0 saturated carbocycles. The van der Waals surface area contributed by atoms with E-state index in [0.29, 0.717) is 29.6 Å². The van der Waals surface area contributed by atoms with Gasteiger partial charge in [0.2, 0.25) is 0 Å². The highest BCUT2D eigenvalue weighted by atomic mass is 32.1. The Balaban J connectivity index is 1.58. The highest BCUT2D eigenvalue weighted by Gasteiger charge is 2.07. The molecule has 0 bridgehead atoms. The van der Waals surface area contributed by atoms with Crippen molar-refractivity contribution >= 4 is 39.7 Å². The topological polar surface area (TPSA) is 72.8 Å². The lowest BCUT2D eigenvalue weighted by Gasteiger charge is -2.14. The predicted molar refractivity (Wildman–Crippen MR) is 124 cm³/mol. The molecule has 5 nitrogen and oxygen atoms in total. The molecule has 0 amide bonds. The number of hydrogen-bond donors (Lipinski definition) is 3. The third-order valence-corrected chi connectivity index (χ3v) is 5.00. The molecule has 1 aromatic heterocycles. The lowest BCUT2D eigenvalue weighted by atomic mass is 10.1. The van der Waals surface area contributed by atoms with Crippen LogP contribution in [0, 0.1) is 25.2 Å². The number of aromatic nitrogens is 1. The van der Waals surface area contributed by atoms with Crippen LogP contribution < -0.4 is 16.0 Å². The molecule has 3 aromatic rings. The molecule has 0 radical (unpaired) electrons. The maximum Gasteiger partial charge on any atom is 0.170 e. The summed E-state index contributed by atoms with van der Waals surface area (Å²) < 4.78 is 0. The summed E-state index contributed by atoms with van der Waals surface area (Å²) in [5, 5.41) is 20.7. The number of nitriles is 1. The summed E-state index contributed by atoms with van der Waals surface area (Å²) in [6, 6.07) is 16.5. The first-order chi connectivity index (χ1) is 14.0. The van der Waals surface area contributed by atoms with E-state index < -0.39 is 0 Å². The predicted octanol–water partition coefficient (Wildman–Crippen LogP) is 4.68. The maximum absolute atomic E-state index is 9.49. The van der Waals surface area contributed by atoms with Gasteiger partial charge in [-0.05, 0) is 73.4 Å². The van der Waals surface area contributed by atoms with E-state index in [2.05, 4.69) is 71.2 Å². The van der Waals surface area contributed by atoms with Crippen molar-refractivity contribution in [1.29, 1.82) is 5.26 Å². The number of nitrogens with one attached hydrogen (secondary N) is 3. The van der Waals surface area contributed by atoms with Crippen molar-refractivity contribution in [3.8, 4) is 6.07 Å². The lowest BCUT2D eigenvalue weighted by Crippen LogP contribution is -2.32. The average Bonchev–Trinajstić information content (AvgIpc) is 2.72. The van der Waals surface area contributed by atoms with E-state index >= 15 is 0 Å². The molecular formula is C23H25N5S. The van der Waals surface area contributed by atoms with Crippen molar-refractivity contribution in [2.45, 2.75) is 27.2 Å². The fourth-order valence-corrected chi connectivity index (χ4v) is 3.27. The van der Waals surface area contributed by atoms with Crippen molar-refractivity contribution in [2.24, 2.45) is 0 Å². The summed E-state index contributed by atoms with van der Waals surface area (Å²) in [7, 11) is 0. The number of hydrogen-bond acceptors (Lipinski definition) is 4. The second-order valence-corrected chi connectivity index (χ2v) is 7.41. The van der Waals surface area contributed by atoms with Gasteiger partial charge in [-0.3, -0.25) is 0 Å². The average molecular weight is 404 g/mol. The summed E-state index contributed by atoms with van der Waals surface area (Å²) in [5.41, 5.74) is 5.98. The molecule has 0 aliphatic heterocycles. The molecule has 29 heavy (non-hydrogen) atoms. The highest BCUT2D eigenvalue weighted by Crippen LogP contribution is 2.21. The molecule has 0 atom stereocenters. The number of anilines is 2. The summed E-state index contributed by atoms with van der Waals surface area (Å²) in [6.07, 6.45) is 0.958. The van der Waals surface area contributed by atoms with E-state index in [9.17, 15) is 5.26 Å². The molecule has 0 spiro atoms. The zero-order valence-corrected chi connectivity index (χ0v) is 17.8. The maximum atomic E-state index is 9.49. The SMILES string of the molecule is CCc1ccc2nc(NCCNC(=S)Nc3cc(C)ccc3C)c(C#N)cc2c1. The van der Waals surface area contributed by atoms with Gasteiger partial charge in [0.1, 0.15) is 11.9 Å². The zero-order chi connectivity index (χ0) is 20.8. The number of benzene rings is 2. The van der Waals surface area contributed by atoms with Gasteiger partial charge in [-0.25, -0.2) is 4.98 Å². The van der Waals surface area contributed by atoms with Crippen LogP contribution in [0.2, 0.25) is 0 Å². The molecule has 6 heteroatoms. The fraction of sp³-hybridized carbons (Fsp3) is 0.261. The molecule has 148 valence electrons. The Bertz CT molecular complexity index is 1080. The van der Waals surface area contributed by atoms with Crippen LogP contribution in [-0.4, -0.2) is 23.2 Å². The molecule has 3 N–H and O–H groups in total. The molecule has 0 aliphatic rings. The minimum absolute atomic E-state index is 0.543. The Kier molecular flexibility index (Phi) is 6.63. The van der Waals surface area contributed by atoms with Gasteiger partial charge < -0.3 is 16.0 Å². The molecule has 1 heterocycles. The first-order valence-electron chi connectivity index (χ1n) is 9.70. The Morgan fingerprint density at radius 1 is 1.10 bits per heavy atom. The van der Waals surface area contributed by atoms with Gasteiger partial charge in [0, 0.05) is 24.2 Å². The number of pyridine rings is 1. The summed E-state index contributed by atoms with van der Waals surface area (Å²) in [6.45, 7) is 7.41. The standard InChI is InChI=1S/C23H25N5S/c1-4-17-7-8-20-18(12-17)13-19(14-24)22(27-20)25-9-10-26-23(29)28-21-11-15(2)5-6-16(21)3/h5-8,11-13H,4,9-10H2,1-3H3,(H,25,27)(H2,26,28,29). The molecule has 0 aliphatic carbocycles. The van der Waals surface area contributed by atoms with E-state index in [1.807, 2.05) is 19.1 Å². The van der Waals surface area contributed by atoms with E-state index in [1.54, 1.807) is 0 Å². The lowest BCUT2D eigenvalue weighted by molar-refractivity contribution is 0.911. The summed E-state index contributed by atoms with van der Waals surface area (Å²) >= 11 is 5.39. The quantitative estimate of drug-likeness (QED) is 0.410. The van der Waals surface area contributed by atoms with Gasteiger partial charge in [0.05, 0.1) is 11.1 Å². The molecule has 0 fully saturated rings. The monoisotopic (exact) mass is 403 g/mol. The van der Waals surface area contributed by atoms with Gasteiger partial charge in [0.25, 0.3) is 0 Å². The van der Waals surface area contributed by atoms with E-state index in [4.69, 9.17) is 12.2 Å². The van der Waals surface area contributed by atoms with E-state index in [0.717, 1.165) is 28.6 Å². The fourth-order valence-electron chi connectivity index (χ4n) is 3.06. The smallest absolute Gasteiger partial charge is 0.170 e. The Labute approximate surface area is 177 Å². The minimum Gasteiger partial charge on any atom is -0.367 e. The van der Waals surface area contributed by atoms with Gasteiger partial charge in [0.15, 0.2) is 5.11 Å². The van der Waals surface area contributed by atoms with Crippen LogP contribution in [0.3, 0.4) is 0 Å². The Morgan fingerprint density at radius 2 is 1.93 bits per heavy atom. The van der Waals surface area contributed by atoms with Gasteiger partial charge in [-0.15, -0.1) is 0 Å². The summed E-state index contributed by atoms with van der Waals surface area (Å²) in [4.78, 5) is 4.62. The van der Waals surface area contributed by atoms with Crippen molar-refractivity contribution in [2.75, 3.05) is 23.7 Å². The largest absolute Gasteiger partial charge is 0.367 e. The number of nitrogens with zero attached hydrogens (tertiary/aromatic N) is 2. The van der Waals surface area contributed by atoms with E-state index in [1.165, 1.54) is 11.1 Å². The van der Waals surface area contributed by atoms with Crippen LogP contribution in [-0.2, 0) is 6.42 Å². The number of rotatable bonds is 6. The first-order valence-corrected chi connectivity index (χ1v) is 10.1. The van der Waals surface area contributed by atoms with Crippen molar-refractivity contribution in [3.63, 3.8) is 0 Å². The van der Waals surface area contributed by atoms with Crippen LogP contribution in [0.15, 0.2) is 42.5 Å². The first kappa shape index (κ1) is 20.6. The Hall–Kier alpha value is -3.17. The minimum atomic E-state index is 0.543.